The zero-order valence-electron chi connectivity index (χ0n) is 4.44. The monoisotopic (exact) mass is 137 g/mol. The molecule has 4 nitrogen and oxygen atoms in total. The van der Waals surface area contributed by atoms with E-state index >= 15 is 0 Å². The van der Waals surface area contributed by atoms with E-state index in [4.69, 9.17) is 10.4 Å². The molecule has 1 rings (SSSR count). The molecular weight excluding hydrogens is 129 g/mol. The number of epoxide rings is 1. The van der Waals surface area contributed by atoms with Crippen LogP contribution in [0.25, 0.3) is 0 Å². The van der Waals surface area contributed by atoms with Crippen LogP contribution in [-0.2, 0) is 9.30 Å². The van der Waals surface area contributed by atoms with Gasteiger partial charge in [-0.25, -0.2) is 0 Å². The Morgan fingerprint density at radius 1 is 1.88 bits per heavy atom. The lowest BCUT2D eigenvalue weighted by atomic mass is 10.6. The van der Waals surface area contributed by atoms with Crippen molar-refractivity contribution in [1.29, 1.82) is 0 Å². The lowest BCUT2D eigenvalue weighted by Crippen LogP contribution is -2.00. The molecule has 0 radical (unpaired) electrons. The Morgan fingerprint density at radius 3 is 2.25 bits per heavy atom. The van der Waals surface area contributed by atoms with Crippen LogP contribution in [0.1, 0.15) is 6.92 Å². The van der Waals surface area contributed by atoms with Gasteiger partial charge in [0.25, 0.3) is 7.52 Å². The van der Waals surface area contributed by atoms with Crippen LogP contribution in [0.2, 0.25) is 0 Å². The second-order valence-corrected chi connectivity index (χ2v) is 3.76. The summed E-state index contributed by atoms with van der Waals surface area (Å²) in [5.74, 6) is -0.595. The zero-order valence-corrected chi connectivity index (χ0v) is 5.34. The minimum absolute atomic E-state index is 0.129. The lowest BCUT2D eigenvalue weighted by Gasteiger charge is -1.95. The SMILES string of the molecule is CC1OC1P(N)(=O)O. The van der Waals surface area contributed by atoms with E-state index in [9.17, 15) is 4.57 Å². The standard InChI is InChI=1S/C3H8NO3P/c1-2-3(7-2)8(4,5)6/h2-3H,1H3,(H3,4,5,6). The molecule has 0 aliphatic carbocycles. The Labute approximate surface area is 47.1 Å². The van der Waals surface area contributed by atoms with Gasteiger partial charge in [0.2, 0.25) is 0 Å². The lowest BCUT2D eigenvalue weighted by molar-refractivity contribution is 0.387. The molecule has 1 aliphatic heterocycles. The molecule has 3 unspecified atom stereocenters. The van der Waals surface area contributed by atoms with Crippen molar-refractivity contribution in [3.05, 3.63) is 0 Å². The second kappa shape index (κ2) is 1.54. The van der Waals surface area contributed by atoms with E-state index in [1.165, 1.54) is 0 Å². The molecule has 1 aliphatic rings. The van der Waals surface area contributed by atoms with Gasteiger partial charge in [0.05, 0.1) is 6.10 Å². The molecule has 0 amide bonds. The van der Waals surface area contributed by atoms with Gasteiger partial charge in [-0.15, -0.1) is 0 Å². The van der Waals surface area contributed by atoms with E-state index in [1.807, 2.05) is 0 Å². The minimum Gasteiger partial charge on any atom is -0.358 e. The average molecular weight is 137 g/mol. The van der Waals surface area contributed by atoms with Crippen molar-refractivity contribution in [2.24, 2.45) is 5.50 Å². The van der Waals surface area contributed by atoms with E-state index < -0.39 is 13.4 Å². The molecule has 5 heteroatoms. The van der Waals surface area contributed by atoms with Gasteiger partial charge < -0.3 is 9.63 Å². The third kappa shape index (κ3) is 1.09. The summed E-state index contributed by atoms with van der Waals surface area (Å²) in [4.78, 5) is 8.54. The number of rotatable bonds is 1. The van der Waals surface area contributed by atoms with Crippen LogP contribution in [0.3, 0.4) is 0 Å². The summed E-state index contributed by atoms with van der Waals surface area (Å²) in [6, 6.07) is 0. The molecule has 0 bridgehead atoms. The van der Waals surface area contributed by atoms with E-state index in [0.29, 0.717) is 0 Å². The fourth-order valence-electron chi connectivity index (χ4n) is 0.563. The van der Waals surface area contributed by atoms with E-state index in [0.717, 1.165) is 0 Å². The van der Waals surface area contributed by atoms with Crippen LogP contribution in [0.15, 0.2) is 0 Å². The van der Waals surface area contributed by atoms with Crippen LogP contribution in [-0.4, -0.2) is 16.8 Å². The molecule has 3 N–H and O–H groups in total. The maximum Gasteiger partial charge on any atom is 0.295 e. The normalized spacial score (nSPS) is 43.4. The minimum atomic E-state index is -3.40. The highest BCUT2D eigenvalue weighted by atomic mass is 31.2. The van der Waals surface area contributed by atoms with Crippen molar-refractivity contribution < 1.29 is 14.2 Å². The summed E-state index contributed by atoms with van der Waals surface area (Å²) in [6.07, 6.45) is -0.129. The number of ether oxygens (including phenoxy) is 1. The van der Waals surface area contributed by atoms with E-state index in [2.05, 4.69) is 4.74 Å². The van der Waals surface area contributed by atoms with Crippen molar-refractivity contribution in [3.8, 4) is 0 Å². The van der Waals surface area contributed by atoms with Crippen molar-refractivity contribution in [2.75, 3.05) is 0 Å². The van der Waals surface area contributed by atoms with Crippen molar-refractivity contribution in [1.82, 2.24) is 0 Å². The van der Waals surface area contributed by atoms with Crippen LogP contribution in [0.4, 0.5) is 0 Å². The van der Waals surface area contributed by atoms with Crippen LogP contribution < -0.4 is 5.50 Å². The number of hydrogen-bond donors (Lipinski definition) is 2. The molecule has 8 heavy (non-hydrogen) atoms. The summed E-state index contributed by atoms with van der Waals surface area (Å²) < 4.78 is 15.0. The first-order valence-electron chi connectivity index (χ1n) is 2.28. The summed E-state index contributed by atoms with van der Waals surface area (Å²) >= 11 is 0. The topological polar surface area (TPSA) is 75.8 Å². The summed E-state index contributed by atoms with van der Waals surface area (Å²) in [5, 5.41) is 0. The third-order valence-electron chi connectivity index (χ3n) is 1.04. The Hall–Kier alpha value is 0.110. The molecule has 0 saturated carbocycles. The van der Waals surface area contributed by atoms with Gasteiger partial charge in [0, 0.05) is 0 Å². The van der Waals surface area contributed by atoms with Gasteiger partial charge >= 0.3 is 0 Å². The summed E-state index contributed by atoms with van der Waals surface area (Å²) in [6.45, 7) is 1.71. The molecule has 0 aromatic rings. The average Bonchev–Trinajstić information content (AvgIpc) is 2.13. The zero-order chi connectivity index (χ0) is 6.36. The van der Waals surface area contributed by atoms with Gasteiger partial charge in [-0.3, -0.25) is 10.1 Å². The van der Waals surface area contributed by atoms with Gasteiger partial charge in [-0.2, -0.15) is 0 Å². The molecular formula is C3H8NO3P. The number of hydrogen-bond acceptors (Lipinski definition) is 2. The molecule has 0 spiro atoms. The highest BCUT2D eigenvalue weighted by molar-refractivity contribution is 7.56. The first-order valence-corrected chi connectivity index (χ1v) is 4.08. The van der Waals surface area contributed by atoms with E-state index in [1.54, 1.807) is 6.92 Å². The van der Waals surface area contributed by atoms with E-state index in [-0.39, 0.29) is 6.10 Å². The summed E-state index contributed by atoms with van der Waals surface area (Å²) in [5.41, 5.74) is 4.82. The first-order chi connectivity index (χ1) is 3.52. The van der Waals surface area contributed by atoms with Crippen LogP contribution in [0.5, 0.6) is 0 Å². The molecule has 0 aromatic carbocycles. The molecule has 0 aromatic heterocycles. The van der Waals surface area contributed by atoms with Crippen LogP contribution in [0, 0.1) is 0 Å². The van der Waals surface area contributed by atoms with Gasteiger partial charge in [-0.1, -0.05) is 0 Å². The predicted molar refractivity (Wildman–Crippen MR) is 28.3 cm³/mol. The Bertz CT molecular complexity index is 141. The second-order valence-electron chi connectivity index (χ2n) is 1.90. The smallest absolute Gasteiger partial charge is 0.295 e. The Morgan fingerprint density at radius 2 is 2.25 bits per heavy atom. The molecule has 1 saturated heterocycles. The third-order valence-corrected chi connectivity index (χ3v) is 2.31. The first kappa shape index (κ1) is 6.23. The van der Waals surface area contributed by atoms with Gasteiger partial charge in [0.1, 0.15) is 0 Å². The fourth-order valence-corrected chi connectivity index (χ4v) is 1.53. The van der Waals surface area contributed by atoms with Gasteiger partial charge in [0.15, 0.2) is 5.85 Å². The van der Waals surface area contributed by atoms with Crippen molar-refractivity contribution in [2.45, 2.75) is 18.9 Å². The largest absolute Gasteiger partial charge is 0.358 e. The highest BCUT2D eigenvalue weighted by Crippen LogP contribution is 2.49. The molecule has 1 heterocycles. The van der Waals surface area contributed by atoms with Gasteiger partial charge in [-0.05, 0) is 6.92 Å². The Kier molecular flexibility index (Phi) is 1.20. The van der Waals surface area contributed by atoms with Crippen molar-refractivity contribution in [3.63, 3.8) is 0 Å². The number of nitrogens with two attached hydrogens (primary N) is 1. The maximum atomic E-state index is 10.4. The van der Waals surface area contributed by atoms with Crippen LogP contribution >= 0.6 is 7.52 Å². The molecule has 48 valence electrons. The quantitative estimate of drug-likeness (QED) is 0.390. The van der Waals surface area contributed by atoms with Crippen molar-refractivity contribution >= 4 is 7.52 Å². The molecule has 1 fully saturated rings. The molecule has 3 atom stereocenters. The predicted octanol–water partition coefficient (Wildman–Crippen LogP) is -0.125. The highest BCUT2D eigenvalue weighted by Gasteiger charge is 2.46. The fraction of sp³-hybridized carbons (Fsp3) is 1.00. The summed E-state index contributed by atoms with van der Waals surface area (Å²) in [7, 11) is -3.40. The maximum absolute atomic E-state index is 10.4. The Balaban J connectivity index is 2.52.